The van der Waals surface area contributed by atoms with Gasteiger partial charge in [0.15, 0.2) is 6.10 Å². The van der Waals surface area contributed by atoms with Crippen LogP contribution in [-0.2, 0) is 4.74 Å². The summed E-state index contributed by atoms with van der Waals surface area (Å²) < 4.78 is 7.40. The first-order chi connectivity index (χ1) is 13.1. The first-order valence-corrected chi connectivity index (χ1v) is 8.72. The van der Waals surface area contributed by atoms with Crippen molar-refractivity contribution in [2.24, 2.45) is 0 Å². The average molecular weight is 356 g/mol. The van der Waals surface area contributed by atoms with Gasteiger partial charge in [0, 0.05) is 22.5 Å². The van der Waals surface area contributed by atoms with E-state index in [1.807, 2.05) is 68.4 Å². The van der Waals surface area contributed by atoms with E-state index in [1.54, 1.807) is 4.52 Å². The van der Waals surface area contributed by atoms with Crippen molar-refractivity contribution in [1.29, 1.82) is 0 Å². The Morgan fingerprint density at radius 3 is 2.26 bits per heavy atom. The Morgan fingerprint density at radius 1 is 0.963 bits per heavy atom. The average Bonchev–Trinajstić information content (AvgIpc) is 3.23. The quantitative estimate of drug-likeness (QED) is 0.513. The molecule has 1 aliphatic rings. The van der Waals surface area contributed by atoms with E-state index in [1.165, 1.54) is 0 Å². The number of hydrogen-bond donors (Lipinski definition) is 0. The molecular weight excluding hydrogens is 340 g/mol. The predicted molar refractivity (Wildman–Crippen MR) is 99.4 cm³/mol. The maximum Gasteiger partial charge on any atom is 0.379 e. The lowest BCUT2D eigenvalue weighted by molar-refractivity contribution is 0.0371. The Labute approximate surface area is 155 Å². The van der Waals surface area contributed by atoms with Crippen molar-refractivity contribution < 1.29 is 9.53 Å². The minimum Gasteiger partial charge on any atom is -0.447 e. The van der Waals surface area contributed by atoms with Gasteiger partial charge in [0.25, 0.3) is 11.6 Å². The van der Waals surface area contributed by atoms with Gasteiger partial charge in [-0.25, -0.2) is 14.3 Å². The fraction of sp³-hybridized carbons (Fsp3) is 0.143. The zero-order chi connectivity index (χ0) is 18.5. The molecule has 132 valence electrons. The molecule has 2 aromatic heterocycles. The number of carbonyl (C=O) groups is 1. The molecule has 2 aromatic carbocycles. The maximum absolute atomic E-state index is 12.8. The highest BCUT2D eigenvalue weighted by Crippen LogP contribution is 2.45. The van der Waals surface area contributed by atoms with Crippen molar-refractivity contribution in [3.05, 3.63) is 82.9 Å². The molecule has 0 saturated heterocycles. The lowest BCUT2D eigenvalue weighted by atomic mass is 10.1. The molecule has 0 saturated carbocycles. The molecule has 27 heavy (non-hydrogen) atoms. The first kappa shape index (κ1) is 15.7. The Bertz CT molecular complexity index is 1170. The van der Waals surface area contributed by atoms with Crippen LogP contribution in [0.2, 0.25) is 0 Å². The van der Waals surface area contributed by atoms with Crippen LogP contribution < -0.4 is 0 Å². The number of rotatable bonds is 2. The highest BCUT2D eigenvalue weighted by atomic mass is 16.5. The summed E-state index contributed by atoms with van der Waals surface area (Å²) in [6.45, 7) is 3.78. The summed E-state index contributed by atoms with van der Waals surface area (Å²) in [4.78, 5) is 21.4. The number of hydrogen-bond acceptors (Lipinski definition) is 5. The second kappa shape index (κ2) is 5.74. The number of nitrogens with zero attached hydrogens (tertiary/aromatic N) is 4. The molecule has 5 rings (SSSR count). The van der Waals surface area contributed by atoms with Crippen molar-refractivity contribution in [2.75, 3.05) is 0 Å². The lowest BCUT2D eigenvalue weighted by Crippen LogP contribution is -2.12. The topological polar surface area (TPSA) is 69.4 Å². The van der Waals surface area contributed by atoms with E-state index in [-0.39, 0.29) is 5.82 Å². The van der Waals surface area contributed by atoms with E-state index in [0.29, 0.717) is 5.78 Å². The van der Waals surface area contributed by atoms with Gasteiger partial charge in [-0.15, -0.1) is 5.10 Å². The minimum absolute atomic E-state index is 0.0121. The second-order valence-electron chi connectivity index (χ2n) is 6.65. The highest BCUT2D eigenvalue weighted by molar-refractivity contribution is 5.87. The van der Waals surface area contributed by atoms with Gasteiger partial charge in [-0.3, -0.25) is 0 Å². The third kappa shape index (κ3) is 2.41. The number of ether oxygens (including phenoxy) is 1. The molecule has 0 amide bonds. The lowest BCUT2D eigenvalue weighted by Gasteiger charge is -2.13. The number of aryl methyl sites for hydroxylation is 2. The Kier molecular flexibility index (Phi) is 3.33. The molecule has 0 N–H and O–H groups in total. The third-order valence-electron chi connectivity index (χ3n) is 4.80. The standard InChI is InChI=1S/C21H16N4O2/c1-12-11-13(2)25-21(22-12)23-19(24-25)20(26)27-18-16-9-5-3-7-14(16)15-8-4-6-10-17(15)18/h3-11,18H,1-2H3. The van der Waals surface area contributed by atoms with Crippen LogP contribution in [0.25, 0.3) is 16.9 Å². The summed E-state index contributed by atoms with van der Waals surface area (Å²) in [5.74, 6) is -0.154. The molecule has 6 nitrogen and oxygen atoms in total. The molecule has 0 radical (unpaired) electrons. The fourth-order valence-electron chi connectivity index (χ4n) is 3.65. The van der Waals surface area contributed by atoms with E-state index in [2.05, 4.69) is 15.1 Å². The minimum atomic E-state index is -0.561. The number of fused-ring (bicyclic) bond motifs is 4. The largest absolute Gasteiger partial charge is 0.447 e. The summed E-state index contributed by atoms with van der Waals surface area (Å²) >= 11 is 0. The molecular formula is C21H16N4O2. The van der Waals surface area contributed by atoms with Gasteiger partial charge < -0.3 is 4.74 Å². The third-order valence-corrected chi connectivity index (χ3v) is 4.80. The van der Waals surface area contributed by atoms with Crippen LogP contribution in [-0.4, -0.2) is 25.6 Å². The summed E-state index contributed by atoms with van der Waals surface area (Å²) in [6, 6.07) is 17.8. The Balaban J connectivity index is 1.54. The van der Waals surface area contributed by atoms with Crippen LogP contribution >= 0.6 is 0 Å². The summed E-state index contributed by atoms with van der Waals surface area (Å²) in [7, 11) is 0. The van der Waals surface area contributed by atoms with Crippen LogP contribution in [0.5, 0.6) is 0 Å². The number of esters is 1. The van der Waals surface area contributed by atoms with Crippen LogP contribution in [0.1, 0.15) is 39.2 Å². The molecule has 4 aromatic rings. The normalized spacial score (nSPS) is 12.8. The van der Waals surface area contributed by atoms with Gasteiger partial charge in [-0.2, -0.15) is 4.98 Å². The summed E-state index contributed by atoms with van der Waals surface area (Å²) in [5.41, 5.74) is 5.80. The molecule has 1 aliphatic carbocycles. The molecule has 0 fully saturated rings. The van der Waals surface area contributed by atoms with Crippen LogP contribution in [0.3, 0.4) is 0 Å². The van der Waals surface area contributed by atoms with Gasteiger partial charge in [-0.05, 0) is 31.0 Å². The molecule has 0 bridgehead atoms. The smallest absolute Gasteiger partial charge is 0.379 e. The fourth-order valence-corrected chi connectivity index (χ4v) is 3.65. The second-order valence-corrected chi connectivity index (χ2v) is 6.65. The van der Waals surface area contributed by atoms with Crippen molar-refractivity contribution in [3.8, 4) is 11.1 Å². The number of carbonyl (C=O) groups excluding carboxylic acids is 1. The zero-order valence-corrected chi connectivity index (χ0v) is 14.9. The van der Waals surface area contributed by atoms with Crippen LogP contribution in [0, 0.1) is 13.8 Å². The van der Waals surface area contributed by atoms with Crippen molar-refractivity contribution in [1.82, 2.24) is 19.6 Å². The van der Waals surface area contributed by atoms with Crippen LogP contribution in [0.15, 0.2) is 54.6 Å². The van der Waals surface area contributed by atoms with Crippen molar-refractivity contribution in [3.63, 3.8) is 0 Å². The van der Waals surface area contributed by atoms with Crippen molar-refractivity contribution in [2.45, 2.75) is 20.0 Å². The molecule has 6 heteroatoms. The molecule has 0 atom stereocenters. The maximum atomic E-state index is 12.8. The van der Waals surface area contributed by atoms with E-state index in [0.717, 1.165) is 33.6 Å². The molecule has 0 spiro atoms. The summed E-state index contributed by atoms with van der Waals surface area (Å²) in [6.07, 6.45) is -0.465. The van der Waals surface area contributed by atoms with Gasteiger partial charge in [0.1, 0.15) is 0 Å². The van der Waals surface area contributed by atoms with Gasteiger partial charge >= 0.3 is 5.97 Å². The monoisotopic (exact) mass is 356 g/mol. The van der Waals surface area contributed by atoms with E-state index in [4.69, 9.17) is 4.74 Å². The van der Waals surface area contributed by atoms with E-state index >= 15 is 0 Å². The predicted octanol–water partition coefficient (Wildman–Crippen LogP) is 3.67. The molecule has 0 unspecified atom stereocenters. The highest BCUT2D eigenvalue weighted by Gasteiger charge is 2.32. The first-order valence-electron chi connectivity index (χ1n) is 8.72. The van der Waals surface area contributed by atoms with Crippen molar-refractivity contribution >= 4 is 11.7 Å². The Morgan fingerprint density at radius 2 is 1.59 bits per heavy atom. The SMILES string of the molecule is Cc1cc(C)n2nc(C(=O)OC3c4ccccc4-c4ccccc43)nc2n1. The Hall–Kier alpha value is -3.54. The van der Waals surface area contributed by atoms with Crippen LogP contribution in [0.4, 0.5) is 0 Å². The number of benzene rings is 2. The number of aromatic nitrogens is 4. The van der Waals surface area contributed by atoms with Gasteiger partial charge in [0.2, 0.25) is 0 Å². The summed E-state index contributed by atoms with van der Waals surface area (Å²) in [5, 5.41) is 4.28. The molecule has 2 heterocycles. The zero-order valence-electron chi connectivity index (χ0n) is 14.9. The van der Waals surface area contributed by atoms with E-state index in [9.17, 15) is 4.79 Å². The van der Waals surface area contributed by atoms with Gasteiger partial charge in [0.05, 0.1) is 0 Å². The molecule has 0 aliphatic heterocycles. The van der Waals surface area contributed by atoms with E-state index < -0.39 is 12.1 Å². The van der Waals surface area contributed by atoms with Gasteiger partial charge in [-0.1, -0.05) is 48.5 Å².